The van der Waals surface area contributed by atoms with E-state index in [0.29, 0.717) is 0 Å². The Hall–Kier alpha value is -1.67. The van der Waals surface area contributed by atoms with Crippen molar-refractivity contribution < 1.29 is 4.39 Å². The predicted octanol–water partition coefficient (Wildman–Crippen LogP) is 4.47. The van der Waals surface area contributed by atoms with E-state index in [2.05, 4.69) is 43.4 Å². The smallest absolute Gasteiger partial charge is 0.126 e. The maximum absolute atomic E-state index is 13.7. The van der Waals surface area contributed by atoms with Gasteiger partial charge in [-0.1, -0.05) is 42.0 Å². The van der Waals surface area contributed by atoms with Gasteiger partial charge in [-0.3, -0.25) is 0 Å². The first-order valence-corrected chi connectivity index (χ1v) is 7.25. The van der Waals surface area contributed by atoms with Crippen LogP contribution in [0, 0.1) is 12.7 Å². The van der Waals surface area contributed by atoms with Gasteiger partial charge in [0.2, 0.25) is 0 Å². The van der Waals surface area contributed by atoms with Crippen molar-refractivity contribution in [1.29, 1.82) is 0 Å². The van der Waals surface area contributed by atoms with Crippen LogP contribution in [0.5, 0.6) is 0 Å². The second-order valence-electron chi connectivity index (χ2n) is 5.70. The molecule has 20 heavy (non-hydrogen) atoms. The van der Waals surface area contributed by atoms with Gasteiger partial charge in [0.05, 0.1) is 0 Å². The van der Waals surface area contributed by atoms with E-state index >= 15 is 0 Å². The lowest BCUT2D eigenvalue weighted by Crippen LogP contribution is -2.23. The first kappa shape index (κ1) is 13.3. The number of hydrogen-bond donors (Lipinski definition) is 1. The molecule has 3 rings (SSSR count). The molecule has 0 bridgehead atoms. The summed E-state index contributed by atoms with van der Waals surface area (Å²) in [7, 11) is 0. The number of halogens is 1. The van der Waals surface area contributed by atoms with Crippen molar-refractivity contribution in [2.24, 2.45) is 0 Å². The molecule has 1 aliphatic rings. The molecule has 1 unspecified atom stereocenters. The number of benzene rings is 2. The summed E-state index contributed by atoms with van der Waals surface area (Å²) in [5.41, 5.74) is 4.57. The van der Waals surface area contributed by atoms with Gasteiger partial charge in [-0.15, -0.1) is 0 Å². The van der Waals surface area contributed by atoms with Crippen molar-refractivity contribution in [3.05, 3.63) is 70.5 Å². The molecule has 0 aromatic heterocycles. The molecule has 2 aromatic rings. The Morgan fingerprint density at radius 1 is 1.15 bits per heavy atom. The lowest BCUT2D eigenvalue weighted by molar-refractivity contribution is 0.465. The number of rotatable bonds is 3. The molecule has 0 fully saturated rings. The van der Waals surface area contributed by atoms with Crippen molar-refractivity contribution in [3.63, 3.8) is 0 Å². The molecule has 104 valence electrons. The summed E-state index contributed by atoms with van der Waals surface area (Å²) in [6.07, 6.45) is 1.81. The van der Waals surface area contributed by atoms with E-state index in [-0.39, 0.29) is 17.9 Å². The first-order valence-electron chi connectivity index (χ1n) is 7.25. The quantitative estimate of drug-likeness (QED) is 0.866. The molecule has 0 aliphatic heterocycles. The van der Waals surface area contributed by atoms with Crippen LogP contribution in [0.25, 0.3) is 0 Å². The highest BCUT2D eigenvalue weighted by molar-refractivity contribution is 5.36. The average Bonchev–Trinajstić information content (AvgIpc) is 2.84. The fourth-order valence-corrected chi connectivity index (χ4v) is 3.04. The summed E-state index contributed by atoms with van der Waals surface area (Å²) in [4.78, 5) is 0. The average molecular weight is 269 g/mol. The number of hydrogen-bond acceptors (Lipinski definition) is 1. The highest BCUT2D eigenvalue weighted by Crippen LogP contribution is 2.34. The number of nitrogens with one attached hydrogen (secondary N) is 1. The summed E-state index contributed by atoms with van der Waals surface area (Å²) >= 11 is 0. The third-order valence-electron chi connectivity index (χ3n) is 4.24. The van der Waals surface area contributed by atoms with E-state index < -0.39 is 0 Å². The minimum absolute atomic E-state index is 0.0604. The molecule has 1 nitrogen and oxygen atoms in total. The van der Waals surface area contributed by atoms with Gasteiger partial charge in [-0.2, -0.15) is 0 Å². The summed E-state index contributed by atoms with van der Waals surface area (Å²) in [6.45, 7) is 4.26. The molecule has 0 amide bonds. The third kappa shape index (κ3) is 2.48. The normalized spacial score (nSPS) is 18.9. The first-order chi connectivity index (χ1) is 9.65. The molecule has 1 aliphatic carbocycles. The van der Waals surface area contributed by atoms with Gasteiger partial charge in [0.1, 0.15) is 5.82 Å². The fourth-order valence-electron chi connectivity index (χ4n) is 3.04. The molecule has 2 atom stereocenters. The highest BCUT2D eigenvalue weighted by Gasteiger charge is 2.25. The SMILES string of the molecule is Cc1ccc([C@H](C)NC2CCc3c(F)cccc32)cc1. The summed E-state index contributed by atoms with van der Waals surface area (Å²) in [6, 6.07) is 14.5. The minimum Gasteiger partial charge on any atom is -0.303 e. The van der Waals surface area contributed by atoms with Crippen molar-refractivity contribution in [2.45, 2.75) is 38.8 Å². The fraction of sp³-hybridized carbons (Fsp3) is 0.333. The van der Waals surface area contributed by atoms with E-state index in [1.165, 1.54) is 11.1 Å². The largest absolute Gasteiger partial charge is 0.303 e. The van der Waals surface area contributed by atoms with Crippen molar-refractivity contribution in [3.8, 4) is 0 Å². The van der Waals surface area contributed by atoms with E-state index in [9.17, 15) is 4.39 Å². The standard InChI is InChI=1S/C18H20FN/c1-12-6-8-14(9-7-12)13(2)20-18-11-10-15-16(18)4-3-5-17(15)19/h3-9,13,18,20H,10-11H2,1-2H3/t13-,18?/m0/s1. The lowest BCUT2D eigenvalue weighted by atomic mass is 10.0. The van der Waals surface area contributed by atoms with Gasteiger partial charge in [-0.05, 0) is 49.4 Å². The second kappa shape index (κ2) is 5.37. The molecule has 0 spiro atoms. The van der Waals surface area contributed by atoms with Gasteiger partial charge in [0.15, 0.2) is 0 Å². The number of aryl methyl sites for hydroxylation is 1. The molecular formula is C18H20FN. The molecule has 0 saturated heterocycles. The summed E-state index contributed by atoms with van der Waals surface area (Å²) in [5.74, 6) is -0.0604. The highest BCUT2D eigenvalue weighted by atomic mass is 19.1. The molecule has 1 N–H and O–H groups in total. The Morgan fingerprint density at radius 2 is 1.90 bits per heavy atom. The minimum atomic E-state index is -0.0604. The van der Waals surface area contributed by atoms with Crippen LogP contribution in [0.15, 0.2) is 42.5 Å². The van der Waals surface area contributed by atoms with E-state index in [0.717, 1.165) is 24.0 Å². The van der Waals surface area contributed by atoms with Gasteiger partial charge < -0.3 is 5.32 Å². The van der Waals surface area contributed by atoms with Crippen LogP contribution >= 0.6 is 0 Å². The van der Waals surface area contributed by atoms with Crippen LogP contribution in [-0.2, 0) is 6.42 Å². The molecular weight excluding hydrogens is 249 g/mol. The van der Waals surface area contributed by atoms with E-state index in [4.69, 9.17) is 0 Å². The topological polar surface area (TPSA) is 12.0 Å². The zero-order chi connectivity index (χ0) is 14.1. The monoisotopic (exact) mass is 269 g/mol. The Bertz CT molecular complexity index is 603. The molecule has 0 radical (unpaired) electrons. The molecule has 2 aromatic carbocycles. The summed E-state index contributed by atoms with van der Waals surface area (Å²) < 4.78 is 13.7. The van der Waals surface area contributed by atoms with E-state index in [1.807, 2.05) is 12.1 Å². The Balaban J connectivity index is 1.77. The third-order valence-corrected chi connectivity index (χ3v) is 4.24. The van der Waals surface area contributed by atoms with Crippen LogP contribution in [0.1, 0.15) is 47.7 Å². The van der Waals surface area contributed by atoms with Gasteiger partial charge >= 0.3 is 0 Å². The zero-order valence-electron chi connectivity index (χ0n) is 12.0. The van der Waals surface area contributed by atoms with Gasteiger partial charge in [0, 0.05) is 12.1 Å². The van der Waals surface area contributed by atoms with Crippen molar-refractivity contribution in [1.82, 2.24) is 5.32 Å². The van der Waals surface area contributed by atoms with Crippen LogP contribution < -0.4 is 5.32 Å². The van der Waals surface area contributed by atoms with Gasteiger partial charge in [0.25, 0.3) is 0 Å². The Labute approximate surface area is 119 Å². The molecule has 2 heteroatoms. The van der Waals surface area contributed by atoms with Crippen LogP contribution in [0.3, 0.4) is 0 Å². The van der Waals surface area contributed by atoms with Crippen molar-refractivity contribution >= 4 is 0 Å². The van der Waals surface area contributed by atoms with Crippen LogP contribution in [0.4, 0.5) is 4.39 Å². The maximum Gasteiger partial charge on any atom is 0.126 e. The summed E-state index contributed by atoms with van der Waals surface area (Å²) in [5, 5.41) is 3.63. The maximum atomic E-state index is 13.7. The molecule has 0 heterocycles. The van der Waals surface area contributed by atoms with Crippen LogP contribution in [-0.4, -0.2) is 0 Å². The predicted molar refractivity (Wildman–Crippen MR) is 80.2 cm³/mol. The van der Waals surface area contributed by atoms with Gasteiger partial charge in [-0.25, -0.2) is 4.39 Å². The van der Waals surface area contributed by atoms with E-state index in [1.54, 1.807) is 6.07 Å². The van der Waals surface area contributed by atoms with Crippen molar-refractivity contribution in [2.75, 3.05) is 0 Å². The molecule has 0 saturated carbocycles. The Kier molecular flexibility index (Phi) is 3.58. The zero-order valence-corrected chi connectivity index (χ0v) is 12.0. The van der Waals surface area contributed by atoms with Crippen LogP contribution in [0.2, 0.25) is 0 Å². The Morgan fingerprint density at radius 3 is 2.65 bits per heavy atom. The number of fused-ring (bicyclic) bond motifs is 1. The second-order valence-corrected chi connectivity index (χ2v) is 5.70. The lowest BCUT2D eigenvalue weighted by Gasteiger charge is -2.21.